The van der Waals surface area contributed by atoms with Gasteiger partial charge in [-0.25, -0.2) is 13.8 Å². The van der Waals surface area contributed by atoms with Crippen LogP contribution in [-0.2, 0) is 23.1 Å². The number of hydrazone groups is 1. The molecule has 0 aliphatic heterocycles. The predicted octanol–water partition coefficient (Wildman–Crippen LogP) is 4.76. The van der Waals surface area contributed by atoms with Gasteiger partial charge in [0.25, 0.3) is 5.91 Å². The zero-order valence-electron chi connectivity index (χ0n) is 21.8. The molecule has 1 heterocycles. The van der Waals surface area contributed by atoms with Gasteiger partial charge in [0.2, 0.25) is 10.0 Å². The number of nitrogens with zero attached hydrogens (tertiary/aromatic N) is 2. The van der Waals surface area contributed by atoms with Crippen LogP contribution in [0, 0.1) is 6.92 Å². The van der Waals surface area contributed by atoms with Gasteiger partial charge in [-0.05, 0) is 48.9 Å². The molecule has 0 saturated heterocycles. The van der Waals surface area contributed by atoms with Gasteiger partial charge in [-0.3, -0.25) is 4.79 Å². The van der Waals surface area contributed by atoms with Crippen LogP contribution in [0.3, 0.4) is 0 Å². The first-order valence-electron chi connectivity index (χ1n) is 12.0. The summed E-state index contributed by atoms with van der Waals surface area (Å²) in [5.74, 6) is 1.25. The number of furan rings is 1. The minimum absolute atomic E-state index is 0.00884. The number of rotatable bonds is 11. The van der Waals surface area contributed by atoms with Gasteiger partial charge in [-0.1, -0.05) is 48.0 Å². The molecule has 1 amide bonds. The van der Waals surface area contributed by atoms with E-state index in [1.807, 2.05) is 37.3 Å². The van der Waals surface area contributed by atoms with Gasteiger partial charge >= 0.3 is 0 Å². The highest BCUT2D eigenvalue weighted by Gasteiger charge is 2.26. The molecule has 0 spiro atoms. The van der Waals surface area contributed by atoms with E-state index >= 15 is 0 Å². The van der Waals surface area contributed by atoms with Crippen LogP contribution in [0.15, 0.2) is 99.3 Å². The van der Waals surface area contributed by atoms with Gasteiger partial charge in [-0.15, -0.1) is 0 Å². The molecule has 9 nitrogen and oxygen atoms in total. The lowest BCUT2D eigenvalue weighted by Crippen LogP contribution is -2.30. The third-order valence-corrected chi connectivity index (χ3v) is 7.65. The molecule has 39 heavy (non-hydrogen) atoms. The van der Waals surface area contributed by atoms with Crippen LogP contribution in [0.2, 0.25) is 0 Å². The average Bonchev–Trinajstić information content (AvgIpc) is 3.40. The molecule has 0 atom stereocenters. The van der Waals surface area contributed by atoms with Crippen LogP contribution in [0.25, 0.3) is 0 Å². The number of sulfonamides is 1. The smallest absolute Gasteiger partial charge is 0.271 e. The lowest BCUT2D eigenvalue weighted by atomic mass is 10.2. The summed E-state index contributed by atoms with van der Waals surface area (Å²) in [5.41, 5.74) is 4.56. The lowest BCUT2D eigenvalue weighted by Gasteiger charge is -2.21. The van der Waals surface area contributed by atoms with Gasteiger partial charge in [0.15, 0.2) is 0 Å². The van der Waals surface area contributed by atoms with Crippen molar-refractivity contribution in [2.75, 3.05) is 14.2 Å². The molecule has 0 radical (unpaired) electrons. The second kappa shape index (κ2) is 12.4. The van der Waals surface area contributed by atoms with E-state index in [1.165, 1.54) is 24.7 Å². The summed E-state index contributed by atoms with van der Waals surface area (Å²) in [4.78, 5) is 12.7. The van der Waals surface area contributed by atoms with Crippen LogP contribution in [-0.4, -0.2) is 39.1 Å². The summed E-state index contributed by atoms with van der Waals surface area (Å²) in [6, 6.07) is 24.2. The fourth-order valence-electron chi connectivity index (χ4n) is 3.75. The van der Waals surface area contributed by atoms with Gasteiger partial charge < -0.3 is 13.9 Å². The predicted molar refractivity (Wildman–Crippen MR) is 147 cm³/mol. The standard InChI is InChI=1S/C29H29N3O6S/c1-21-9-13-28(14-10-21)39(34,35)32(19-22-7-5-4-6-8-22)20-25-12-11-24(38-25)18-30-31-29(33)23-15-26(36-2)17-27(16-23)37-3/h4-18H,19-20H2,1-3H3,(H,31,33)/b30-18-. The molecular formula is C29H29N3O6S. The van der Waals surface area contributed by atoms with Crippen molar-refractivity contribution in [3.05, 3.63) is 113 Å². The quantitative estimate of drug-likeness (QED) is 0.214. The Morgan fingerprint density at radius 3 is 2.23 bits per heavy atom. The fraction of sp³-hybridized carbons (Fsp3) is 0.172. The zero-order valence-corrected chi connectivity index (χ0v) is 22.6. The Labute approximate surface area is 227 Å². The van der Waals surface area contributed by atoms with Crippen LogP contribution in [0.4, 0.5) is 0 Å². The molecule has 0 fully saturated rings. The van der Waals surface area contributed by atoms with Crippen molar-refractivity contribution in [2.45, 2.75) is 24.9 Å². The van der Waals surface area contributed by atoms with Gasteiger partial charge in [0.1, 0.15) is 23.0 Å². The molecular weight excluding hydrogens is 518 g/mol. The summed E-state index contributed by atoms with van der Waals surface area (Å²) in [7, 11) is -0.821. The van der Waals surface area contributed by atoms with E-state index in [9.17, 15) is 13.2 Å². The molecule has 0 bridgehead atoms. The minimum atomic E-state index is -3.81. The Bertz CT molecular complexity index is 1530. The van der Waals surface area contributed by atoms with Gasteiger partial charge in [0, 0.05) is 18.2 Å². The Morgan fingerprint density at radius 1 is 0.923 bits per heavy atom. The van der Waals surface area contributed by atoms with E-state index < -0.39 is 15.9 Å². The topological polar surface area (TPSA) is 110 Å². The Hall–Kier alpha value is -4.41. The molecule has 0 unspecified atom stereocenters. The SMILES string of the molecule is COc1cc(OC)cc(C(=O)N/N=C\c2ccc(CN(Cc3ccccc3)S(=O)(=O)c3ccc(C)cc3)o2)c1. The van der Waals surface area contributed by atoms with Crippen molar-refractivity contribution in [1.82, 2.24) is 9.73 Å². The second-order valence-electron chi connectivity index (χ2n) is 8.68. The molecule has 0 saturated carbocycles. The third-order valence-electron chi connectivity index (χ3n) is 5.85. The molecule has 3 aromatic carbocycles. The Balaban J connectivity index is 1.49. The van der Waals surface area contributed by atoms with E-state index in [-0.39, 0.29) is 18.0 Å². The molecule has 0 aliphatic rings. The normalized spacial score (nSPS) is 11.6. The highest BCUT2D eigenvalue weighted by atomic mass is 32.2. The van der Waals surface area contributed by atoms with E-state index in [1.54, 1.807) is 54.6 Å². The summed E-state index contributed by atoms with van der Waals surface area (Å²) >= 11 is 0. The van der Waals surface area contributed by atoms with E-state index in [0.29, 0.717) is 28.6 Å². The highest BCUT2D eigenvalue weighted by Crippen LogP contribution is 2.23. The van der Waals surface area contributed by atoms with E-state index in [2.05, 4.69) is 10.5 Å². The van der Waals surface area contributed by atoms with Gasteiger partial charge in [0.05, 0.1) is 31.9 Å². The number of hydrogen-bond donors (Lipinski definition) is 1. The zero-order chi connectivity index (χ0) is 27.8. The number of hydrogen-bond acceptors (Lipinski definition) is 7. The summed E-state index contributed by atoms with van der Waals surface area (Å²) < 4.78 is 44.6. The van der Waals surface area contributed by atoms with E-state index in [4.69, 9.17) is 13.9 Å². The average molecular weight is 548 g/mol. The monoisotopic (exact) mass is 547 g/mol. The number of benzene rings is 3. The number of carbonyl (C=O) groups excluding carboxylic acids is 1. The van der Waals surface area contributed by atoms with Crippen molar-refractivity contribution in [1.29, 1.82) is 0 Å². The van der Waals surface area contributed by atoms with Crippen LogP contribution in [0.1, 0.15) is 33.0 Å². The number of amides is 1. The third kappa shape index (κ3) is 7.13. The number of carbonyl (C=O) groups is 1. The van der Waals surface area contributed by atoms with Crippen molar-refractivity contribution in [2.24, 2.45) is 5.10 Å². The molecule has 10 heteroatoms. The Kier molecular flexibility index (Phi) is 8.80. The molecule has 0 aliphatic carbocycles. The lowest BCUT2D eigenvalue weighted by molar-refractivity contribution is 0.0954. The van der Waals surface area contributed by atoms with Crippen molar-refractivity contribution in [3.63, 3.8) is 0 Å². The van der Waals surface area contributed by atoms with Crippen LogP contribution < -0.4 is 14.9 Å². The molecule has 202 valence electrons. The maximum absolute atomic E-state index is 13.5. The van der Waals surface area contributed by atoms with Gasteiger partial charge in [-0.2, -0.15) is 9.41 Å². The Morgan fingerprint density at radius 2 is 1.59 bits per heavy atom. The second-order valence-corrected chi connectivity index (χ2v) is 10.6. The first kappa shape index (κ1) is 27.6. The van der Waals surface area contributed by atoms with Crippen LogP contribution in [0.5, 0.6) is 11.5 Å². The maximum atomic E-state index is 13.5. The fourth-order valence-corrected chi connectivity index (χ4v) is 5.15. The first-order chi connectivity index (χ1) is 18.8. The van der Waals surface area contributed by atoms with Crippen molar-refractivity contribution in [3.8, 4) is 11.5 Å². The number of methoxy groups -OCH3 is 2. The molecule has 4 rings (SSSR count). The van der Waals surface area contributed by atoms with E-state index in [0.717, 1.165) is 11.1 Å². The first-order valence-corrected chi connectivity index (χ1v) is 13.5. The van der Waals surface area contributed by atoms with Crippen molar-refractivity contribution >= 4 is 22.1 Å². The molecule has 1 N–H and O–H groups in total. The summed E-state index contributed by atoms with van der Waals surface area (Å²) in [6.07, 6.45) is 1.34. The number of ether oxygens (including phenoxy) is 2. The largest absolute Gasteiger partial charge is 0.497 e. The van der Waals surface area contributed by atoms with Crippen LogP contribution >= 0.6 is 0 Å². The van der Waals surface area contributed by atoms with Crippen molar-refractivity contribution < 1.29 is 27.1 Å². The number of nitrogens with one attached hydrogen (secondary N) is 1. The number of aryl methyl sites for hydroxylation is 1. The molecule has 1 aromatic heterocycles. The summed E-state index contributed by atoms with van der Waals surface area (Å²) in [6.45, 7) is 2.08. The molecule has 4 aromatic rings. The minimum Gasteiger partial charge on any atom is -0.497 e. The maximum Gasteiger partial charge on any atom is 0.271 e. The highest BCUT2D eigenvalue weighted by molar-refractivity contribution is 7.89. The summed E-state index contributed by atoms with van der Waals surface area (Å²) in [5, 5.41) is 3.96.